The van der Waals surface area contributed by atoms with Crippen LogP contribution in [0.2, 0.25) is 0 Å². The number of hydrogen-bond acceptors (Lipinski definition) is 1. The standard InChI is InChI=1S/C14H19F2NO/c1-9(17-13(18)8-14(2,3)4)10-5-6-11(15)12(16)7-10/h5-7,9H,8H2,1-4H3,(H,17,18). The van der Waals surface area contributed by atoms with Crippen LogP contribution in [0.4, 0.5) is 8.78 Å². The van der Waals surface area contributed by atoms with Crippen LogP contribution in [0.15, 0.2) is 18.2 Å². The van der Waals surface area contributed by atoms with Gasteiger partial charge in [0.1, 0.15) is 0 Å². The number of nitrogens with one attached hydrogen (secondary N) is 1. The number of rotatable bonds is 3. The molecule has 1 amide bonds. The number of carbonyl (C=O) groups excluding carboxylic acids is 1. The van der Waals surface area contributed by atoms with Crippen LogP contribution in [0, 0.1) is 17.0 Å². The highest BCUT2D eigenvalue weighted by Crippen LogP contribution is 2.20. The first-order valence-corrected chi connectivity index (χ1v) is 5.93. The van der Waals surface area contributed by atoms with E-state index in [0.29, 0.717) is 12.0 Å². The van der Waals surface area contributed by atoms with Crippen LogP contribution in [0.3, 0.4) is 0 Å². The topological polar surface area (TPSA) is 29.1 Å². The molecule has 18 heavy (non-hydrogen) atoms. The molecule has 0 saturated carbocycles. The maximum atomic E-state index is 13.1. The summed E-state index contributed by atoms with van der Waals surface area (Å²) in [6.07, 6.45) is 0.390. The van der Waals surface area contributed by atoms with Gasteiger partial charge in [-0.1, -0.05) is 26.8 Å². The molecule has 1 unspecified atom stereocenters. The molecule has 4 heteroatoms. The molecule has 2 nitrogen and oxygen atoms in total. The van der Waals surface area contributed by atoms with Crippen molar-refractivity contribution in [2.45, 2.75) is 40.2 Å². The second kappa shape index (κ2) is 5.46. The van der Waals surface area contributed by atoms with Crippen LogP contribution in [0.25, 0.3) is 0 Å². The zero-order chi connectivity index (χ0) is 13.9. The minimum absolute atomic E-state index is 0.0975. The third-order valence-electron chi connectivity index (χ3n) is 2.51. The summed E-state index contributed by atoms with van der Waals surface area (Å²) in [6, 6.07) is 3.31. The molecule has 0 aromatic heterocycles. The van der Waals surface area contributed by atoms with E-state index in [-0.39, 0.29) is 17.4 Å². The molecule has 1 aromatic rings. The van der Waals surface area contributed by atoms with Crippen molar-refractivity contribution in [3.8, 4) is 0 Å². The molecule has 0 heterocycles. The van der Waals surface area contributed by atoms with E-state index in [1.54, 1.807) is 6.92 Å². The van der Waals surface area contributed by atoms with E-state index in [2.05, 4.69) is 5.32 Å². The highest BCUT2D eigenvalue weighted by atomic mass is 19.2. The van der Waals surface area contributed by atoms with Gasteiger partial charge >= 0.3 is 0 Å². The predicted octanol–water partition coefficient (Wildman–Crippen LogP) is 3.58. The first-order chi connectivity index (χ1) is 8.19. The zero-order valence-corrected chi connectivity index (χ0v) is 11.2. The van der Waals surface area contributed by atoms with Crippen LogP contribution in [-0.4, -0.2) is 5.91 Å². The van der Waals surface area contributed by atoms with Gasteiger partial charge in [-0.25, -0.2) is 8.78 Å². The van der Waals surface area contributed by atoms with Crippen molar-refractivity contribution in [3.05, 3.63) is 35.4 Å². The van der Waals surface area contributed by atoms with Crippen molar-refractivity contribution < 1.29 is 13.6 Å². The Morgan fingerprint density at radius 1 is 1.28 bits per heavy atom. The second-order valence-corrected chi connectivity index (χ2v) is 5.70. The van der Waals surface area contributed by atoms with Crippen LogP contribution >= 0.6 is 0 Å². The maximum absolute atomic E-state index is 13.1. The summed E-state index contributed by atoms with van der Waals surface area (Å²) < 4.78 is 25.8. The molecule has 1 aromatic carbocycles. The Morgan fingerprint density at radius 3 is 2.39 bits per heavy atom. The number of benzene rings is 1. The molecule has 0 saturated heterocycles. The summed E-state index contributed by atoms with van der Waals surface area (Å²) in [7, 11) is 0. The van der Waals surface area contributed by atoms with Crippen molar-refractivity contribution in [2.24, 2.45) is 5.41 Å². The number of amides is 1. The number of hydrogen-bond donors (Lipinski definition) is 1. The lowest BCUT2D eigenvalue weighted by Crippen LogP contribution is -2.30. The van der Waals surface area contributed by atoms with Crippen LogP contribution in [-0.2, 0) is 4.79 Å². The van der Waals surface area contributed by atoms with Gasteiger partial charge in [-0.15, -0.1) is 0 Å². The van der Waals surface area contributed by atoms with Crippen molar-refractivity contribution in [2.75, 3.05) is 0 Å². The van der Waals surface area contributed by atoms with Crippen molar-refractivity contribution >= 4 is 5.91 Å². The van der Waals surface area contributed by atoms with E-state index in [4.69, 9.17) is 0 Å². The van der Waals surface area contributed by atoms with Crippen LogP contribution in [0.5, 0.6) is 0 Å². The van der Waals surface area contributed by atoms with Gasteiger partial charge in [0.05, 0.1) is 6.04 Å². The summed E-state index contributed by atoms with van der Waals surface area (Å²) in [6.45, 7) is 7.64. The summed E-state index contributed by atoms with van der Waals surface area (Å²) in [5.74, 6) is -1.88. The minimum atomic E-state index is -0.899. The summed E-state index contributed by atoms with van der Waals surface area (Å²) in [5.41, 5.74) is 0.453. The molecule has 1 atom stereocenters. The third-order valence-corrected chi connectivity index (χ3v) is 2.51. The fourth-order valence-corrected chi connectivity index (χ4v) is 1.64. The van der Waals surface area contributed by atoms with E-state index < -0.39 is 11.6 Å². The fraction of sp³-hybridized carbons (Fsp3) is 0.500. The smallest absolute Gasteiger partial charge is 0.220 e. The molecule has 0 aliphatic heterocycles. The Morgan fingerprint density at radius 2 is 1.89 bits per heavy atom. The van der Waals surface area contributed by atoms with Gasteiger partial charge in [-0.05, 0) is 30.0 Å². The first kappa shape index (κ1) is 14.6. The van der Waals surface area contributed by atoms with Gasteiger partial charge < -0.3 is 5.32 Å². The Kier molecular flexibility index (Phi) is 4.43. The Bertz CT molecular complexity index is 438. The number of halogens is 2. The van der Waals surface area contributed by atoms with Gasteiger partial charge in [0.25, 0.3) is 0 Å². The Balaban J connectivity index is 2.68. The molecule has 0 aliphatic rings. The van der Waals surface area contributed by atoms with Gasteiger partial charge in [-0.2, -0.15) is 0 Å². The van der Waals surface area contributed by atoms with Crippen molar-refractivity contribution in [3.63, 3.8) is 0 Å². The Hall–Kier alpha value is -1.45. The zero-order valence-electron chi connectivity index (χ0n) is 11.2. The molecule has 1 N–H and O–H groups in total. The van der Waals surface area contributed by atoms with Gasteiger partial charge in [0, 0.05) is 6.42 Å². The molecule has 0 aliphatic carbocycles. The predicted molar refractivity (Wildman–Crippen MR) is 67.0 cm³/mol. The fourth-order valence-electron chi connectivity index (χ4n) is 1.64. The highest BCUT2D eigenvalue weighted by Gasteiger charge is 2.18. The molecular formula is C14H19F2NO. The second-order valence-electron chi connectivity index (χ2n) is 5.70. The largest absolute Gasteiger partial charge is 0.350 e. The summed E-state index contributed by atoms with van der Waals surface area (Å²) in [4.78, 5) is 11.7. The van der Waals surface area contributed by atoms with E-state index in [1.807, 2.05) is 20.8 Å². The van der Waals surface area contributed by atoms with E-state index >= 15 is 0 Å². The van der Waals surface area contributed by atoms with Gasteiger partial charge in [0.15, 0.2) is 11.6 Å². The van der Waals surface area contributed by atoms with E-state index in [1.165, 1.54) is 6.07 Å². The molecular weight excluding hydrogens is 236 g/mol. The van der Waals surface area contributed by atoms with Gasteiger partial charge in [-0.3, -0.25) is 4.79 Å². The lowest BCUT2D eigenvalue weighted by molar-refractivity contribution is -0.123. The quantitative estimate of drug-likeness (QED) is 0.878. The molecule has 0 bridgehead atoms. The van der Waals surface area contributed by atoms with Crippen molar-refractivity contribution in [1.29, 1.82) is 0 Å². The van der Waals surface area contributed by atoms with E-state index in [9.17, 15) is 13.6 Å². The Labute approximate surface area is 106 Å². The monoisotopic (exact) mass is 255 g/mol. The minimum Gasteiger partial charge on any atom is -0.350 e. The van der Waals surface area contributed by atoms with Crippen LogP contribution in [0.1, 0.15) is 45.7 Å². The van der Waals surface area contributed by atoms with E-state index in [0.717, 1.165) is 12.1 Å². The third kappa shape index (κ3) is 4.43. The average molecular weight is 255 g/mol. The summed E-state index contributed by atoms with van der Waals surface area (Å²) >= 11 is 0. The molecule has 0 radical (unpaired) electrons. The average Bonchev–Trinajstić information content (AvgIpc) is 2.18. The molecule has 0 fully saturated rings. The lowest BCUT2D eigenvalue weighted by Gasteiger charge is -2.20. The molecule has 0 spiro atoms. The highest BCUT2D eigenvalue weighted by molar-refractivity contribution is 5.77. The normalized spacial score (nSPS) is 13.2. The SMILES string of the molecule is CC(NC(=O)CC(C)(C)C)c1ccc(F)c(F)c1. The van der Waals surface area contributed by atoms with Crippen molar-refractivity contribution in [1.82, 2.24) is 5.32 Å². The first-order valence-electron chi connectivity index (χ1n) is 5.93. The van der Waals surface area contributed by atoms with Gasteiger partial charge in [0.2, 0.25) is 5.91 Å². The van der Waals surface area contributed by atoms with Crippen LogP contribution < -0.4 is 5.32 Å². The maximum Gasteiger partial charge on any atom is 0.220 e. The summed E-state index contributed by atoms with van der Waals surface area (Å²) in [5, 5.41) is 2.77. The molecule has 100 valence electrons. The lowest BCUT2D eigenvalue weighted by atomic mass is 9.91. The number of carbonyl (C=O) groups is 1. The molecule has 1 rings (SSSR count).